The lowest BCUT2D eigenvalue weighted by atomic mass is 10.0. The van der Waals surface area contributed by atoms with Crippen LogP contribution in [0.25, 0.3) is 0 Å². The van der Waals surface area contributed by atoms with E-state index in [0.717, 1.165) is 19.6 Å². The largest absolute Gasteiger partial charge is 0.466 e. The molecule has 0 aromatic rings. The van der Waals surface area contributed by atoms with Gasteiger partial charge in [-0.1, -0.05) is 13.8 Å². The predicted octanol–water partition coefficient (Wildman–Crippen LogP) is 0.453. The van der Waals surface area contributed by atoms with Crippen LogP contribution < -0.4 is 4.72 Å². The van der Waals surface area contributed by atoms with Crippen molar-refractivity contribution in [1.29, 1.82) is 0 Å². The van der Waals surface area contributed by atoms with E-state index in [9.17, 15) is 13.2 Å². The van der Waals surface area contributed by atoms with Crippen molar-refractivity contribution in [2.45, 2.75) is 39.7 Å². The Balaban J connectivity index is 1.84. The molecular formula is C17H33N3O5S. The van der Waals surface area contributed by atoms with Gasteiger partial charge in [-0.2, -0.15) is 17.4 Å². The summed E-state index contributed by atoms with van der Waals surface area (Å²) in [5.41, 5.74) is 0. The first kappa shape index (κ1) is 21.6. The smallest absolute Gasteiger partial charge is 0.310 e. The SMILES string of the molecule is CCOC(=O)C1CCCN(S(=O)(=O)NCC2CN(CC(C)C)CCO2)C1. The highest BCUT2D eigenvalue weighted by molar-refractivity contribution is 7.87. The Morgan fingerprint density at radius 1 is 1.31 bits per heavy atom. The van der Waals surface area contributed by atoms with Crippen LogP contribution in [0, 0.1) is 11.8 Å². The summed E-state index contributed by atoms with van der Waals surface area (Å²) in [6, 6.07) is 0. The molecule has 2 aliphatic rings. The molecule has 0 amide bonds. The van der Waals surface area contributed by atoms with Gasteiger partial charge in [-0.3, -0.25) is 9.69 Å². The molecule has 9 heteroatoms. The Bertz CT molecular complexity index is 555. The molecule has 0 aromatic heterocycles. The fourth-order valence-corrected chi connectivity index (χ4v) is 4.81. The van der Waals surface area contributed by atoms with Gasteiger partial charge in [0.1, 0.15) is 0 Å². The van der Waals surface area contributed by atoms with E-state index in [-0.39, 0.29) is 31.1 Å². The van der Waals surface area contributed by atoms with Crippen molar-refractivity contribution in [2.75, 3.05) is 52.5 Å². The van der Waals surface area contributed by atoms with Crippen molar-refractivity contribution in [3.05, 3.63) is 0 Å². The minimum Gasteiger partial charge on any atom is -0.466 e. The van der Waals surface area contributed by atoms with Crippen LogP contribution in [0.2, 0.25) is 0 Å². The summed E-state index contributed by atoms with van der Waals surface area (Å²) in [6.45, 7) is 10.5. The summed E-state index contributed by atoms with van der Waals surface area (Å²) in [6.07, 6.45) is 1.18. The van der Waals surface area contributed by atoms with Gasteiger partial charge >= 0.3 is 5.97 Å². The first-order valence-electron chi connectivity index (χ1n) is 9.57. The normalized spacial score (nSPS) is 26.2. The van der Waals surface area contributed by atoms with Crippen LogP contribution in [0.15, 0.2) is 0 Å². The summed E-state index contributed by atoms with van der Waals surface area (Å²) >= 11 is 0. The molecule has 26 heavy (non-hydrogen) atoms. The molecule has 0 saturated carbocycles. The Kier molecular flexibility index (Phi) is 8.28. The maximum Gasteiger partial charge on any atom is 0.310 e. The van der Waals surface area contributed by atoms with Gasteiger partial charge in [0.05, 0.1) is 25.2 Å². The number of ether oxygens (including phenoxy) is 2. The molecule has 0 aromatic carbocycles. The fourth-order valence-electron chi connectivity index (χ4n) is 3.49. The zero-order valence-corrected chi connectivity index (χ0v) is 17.0. The van der Waals surface area contributed by atoms with Crippen molar-refractivity contribution < 1.29 is 22.7 Å². The second-order valence-electron chi connectivity index (χ2n) is 7.45. The topological polar surface area (TPSA) is 88.2 Å². The van der Waals surface area contributed by atoms with E-state index in [1.54, 1.807) is 6.92 Å². The van der Waals surface area contributed by atoms with Gasteiger partial charge in [0.25, 0.3) is 10.2 Å². The summed E-state index contributed by atoms with van der Waals surface area (Å²) in [7, 11) is -3.63. The predicted molar refractivity (Wildman–Crippen MR) is 98.9 cm³/mol. The molecule has 8 nitrogen and oxygen atoms in total. The van der Waals surface area contributed by atoms with Crippen LogP contribution in [0.5, 0.6) is 0 Å². The van der Waals surface area contributed by atoms with Crippen LogP contribution in [0.1, 0.15) is 33.6 Å². The molecule has 152 valence electrons. The Labute approximate surface area is 157 Å². The lowest BCUT2D eigenvalue weighted by Crippen LogP contribution is -2.52. The third kappa shape index (κ3) is 6.45. The number of esters is 1. The minimum atomic E-state index is -3.63. The average molecular weight is 392 g/mol. The van der Waals surface area contributed by atoms with Crippen molar-refractivity contribution in [2.24, 2.45) is 11.8 Å². The number of morpholine rings is 1. The van der Waals surface area contributed by atoms with Crippen molar-refractivity contribution in [3.63, 3.8) is 0 Å². The van der Waals surface area contributed by atoms with E-state index >= 15 is 0 Å². The van der Waals surface area contributed by atoms with Gasteiger partial charge < -0.3 is 9.47 Å². The third-order valence-corrected chi connectivity index (χ3v) is 6.23. The highest BCUT2D eigenvalue weighted by Crippen LogP contribution is 2.20. The highest BCUT2D eigenvalue weighted by Gasteiger charge is 2.33. The monoisotopic (exact) mass is 391 g/mol. The number of carbonyl (C=O) groups is 1. The molecule has 2 aliphatic heterocycles. The molecular weight excluding hydrogens is 358 g/mol. The first-order chi connectivity index (χ1) is 12.3. The third-order valence-electron chi connectivity index (χ3n) is 4.68. The fraction of sp³-hybridized carbons (Fsp3) is 0.941. The quantitative estimate of drug-likeness (QED) is 0.605. The van der Waals surface area contributed by atoms with Gasteiger partial charge in [-0.15, -0.1) is 0 Å². The maximum atomic E-state index is 12.6. The molecule has 2 unspecified atom stereocenters. The van der Waals surface area contributed by atoms with E-state index in [0.29, 0.717) is 38.5 Å². The number of hydrogen-bond donors (Lipinski definition) is 1. The zero-order chi connectivity index (χ0) is 19.2. The van der Waals surface area contributed by atoms with Crippen LogP contribution >= 0.6 is 0 Å². The van der Waals surface area contributed by atoms with Crippen molar-refractivity contribution >= 4 is 16.2 Å². The van der Waals surface area contributed by atoms with E-state index < -0.39 is 10.2 Å². The van der Waals surface area contributed by atoms with E-state index in [2.05, 4.69) is 23.5 Å². The Morgan fingerprint density at radius 2 is 2.08 bits per heavy atom. The lowest BCUT2D eigenvalue weighted by Gasteiger charge is -2.35. The molecule has 2 atom stereocenters. The lowest BCUT2D eigenvalue weighted by molar-refractivity contribution is -0.149. The van der Waals surface area contributed by atoms with Gasteiger partial charge in [-0.05, 0) is 25.7 Å². The van der Waals surface area contributed by atoms with Crippen LogP contribution in [-0.2, 0) is 24.5 Å². The Morgan fingerprint density at radius 3 is 2.77 bits per heavy atom. The number of rotatable bonds is 8. The molecule has 0 radical (unpaired) electrons. The highest BCUT2D eigenvalue weighted by atomic mass is 32.2. The van der Waals surface area contributed by atoms with Gasteiger partial charge in [0, 0.05) is 39.3 Å². The molecule has 0 spiro atoms. The average Bonchev–Trinajstić information content (AvgIpc) is 2.60. The standard InChI is InChI=1S/C17H33N3O5S/c1-4-24-17(21)15-6-5-7-20(12-15)26(22,23)18-10-16-13-19(8-9-25-16)11-14(2)3/h14-16,18H,4-13H2,1-3H3. The number of nitrogens with one attached hydrogen (secondary N) is 1. The summed E-state index contributed by atoms with van der Waals surface area (Å²) in [4.78, 5) is 14.2. The van der Waals surface area contributed by atoms with Gasteiger partial charge in [-0.25, -0.2) is 0 Å². The van der Waals surface area contributed by atoms with Crippen molar-refractivity contribution in [1.82, 2.24) is 13.9 Å². The number of piperidine rings is 1. The van der Waals surface area contributed by atoms with Gasteiger partial charge in [0.2, 0.25) is 0 Å². The number of carbonyl (C=O) groups excluding carboxylic acids is 1. The van der Waals surface area contributed by atoms with E-state index in [4.69, 9.17) is 9.47 Å². The molecule has 2 rings (SSSR count). The van der Waals surface area contributed by atoms with Gasteiger partial charge in [0.15, 0.2) is 0 Å². The van der Waals surface area contributed by atoms with Crippen LogP contribution in [0.4, 0.5) is 0 Å². The number of nitrogens with zero attached hydrogens (tertiary/aromatic N) is 2. The zero-order valence-electron chi connectivity index (χ0n) is 16.1. The van der Waals surface area contributed by atoms with Crippen LogP contribution in [0.3, 0.4) is 0 Å². The second-order valence-corrected chi connectivity index (χ2v) is 9.20. The molecule has 0 aliphatic carbocycles. The molecule has 2 fully saturated rings. The molecule has 2 saturated heterocycles. The molecule has 0 bridgehead atoms. The summed E-state index contributed by atoms with van der Waals surface area (Å²) in [5, 5.41) is 0. The second kappa shape index (κ2) is 9.98. The maximum absolute atomic E-state index is 12.6. The molecule has 2 heterocycles. The van der Waals surface area contributed by atoms with Crippen LogP contribution in [-0.4, -0.2) is 82.2 Å². The van der Waals surface area contributed by atoms with Crippen molar-refractivity contribution in [3.8, 4) is 0 Å². The molecule has 1 N–H and O–H groups in total. The minimum absolute atomic E-state index is 0.150. The Hall–Kier alpha value is -0.740. The van der Waals surface area contributed by atoms with E-state index in [1.807, 2.05) is 0 Å². The summed E-state index contributed by atoms with van der Waals surface area (Å²) in [5.74, 6) is -0.126. The van der Waals surface area contributed by atoms with E-state index in [1.165, 1.54) is 4.31 Å². The number of hydrogen-bond acceptors (Lipinski definition) is 6. The summed E-state index contributed by atoms with van der Waals surface area (Å²) < 4.78 is 40.0. The first-order valence-corrected chi connectivity index (χ1v) is 11.0.